The first-order valence-corrected chi connectivity index (χ1v) is 8.07. The van der Waals surface area contributed by atoms with Crippen LogP contribution in [0.5, 0.6) is 5.75 Å². The Hall–Kier alpha value is -1.11. The maximum Gasteiger partial charge on any atom is 0.154 e. The number of methoxy groups -OCH3 is 1. The lowest BCUT2D eigenvalue weighted by Crippen LogP contribution is -2.39. The van der Waals surface area contributed by atoms with E-state index in [-0.39, 0.29) is 17.5 Å². The molecule has 2 atom stereocenters. The van der Waals surface area contributed by atoms with Crippen molar-refractivity contribution in [1.29, 1.82) is 0 Å². The van der Waals surface area contributed by atoms with Crippen molar-refractivity contribution in [3.8, 4) is 5.75 Å². The van der Waals surface area contributed by atoms with Crippen LogP contribution in [0, 0.1) is 0 Å². The van der Waals surface area contributed by atoms with E-state index in [4.69, 9.17) is 4.74 Å². The number of aliphatic hydroxyl groups is 1. The Morgan fingerprint density at radius 3 is 2.53 bits per heavy atom. The van der Waals surface area contributed by atoms with Gasteiger partial charge in [-0.1, -0.05) is 12.1 Å². The third-order valence-corrected chi connectivity index (χ3v) is 5.02. The van der Waals surface area contributed by atoms with Gasteiger partial charge in [-0.25, -0.2) is 8.42 Å². The van der Waals surface area contributed by atoms with E-state index in [2.05, 4.69) is 5.32 Å². The zero-order valence-electron chi connectivity index (χ0n) is 10.9. The van der Waals surface area contributed by atoms with Crippen molar-refractivity contribution in [2.45, 2.75) is 18.6 Å². The normalized spacial score (nSPS) is 25.4. The lowest BCUT2D eigenvalue weighted by molar-refractivity contribution is 0.166. The highest BCUT2D eigenvalue weighted by atomic mass is 32.2. The Balaban J connectivity index is 1.80. The van der Waals surface area contributed by atoms with Gasteiger partial charge in [-0.05, 0) is 30.7 Å². The topological polar surface area (TPSA) is 75.6 Å². The van der Waals surface area contributed by atoms with Crippen molar-refractivity contribution in [3.63, 3.8) is 0 Å². The monoisotopic (exact) mass is 285 g/mol. The molecule has 2 rings (SSSR count). The molecule has 0 aromatic heterocycles. The fourth-order valence-electron chi connectivity index (χ4n) is 2.22. The average molecular weight is 285 g/mol. The van der Waals surface area contributed by atoms with Gasteiger partial charge in [-0.15, -0.1) is 0 Å². The molecule has 1 saturated heterocycles. The summed E-state index contributed by atoms with van der Waals surface area (Å²) in [4.78, 5) is 0. The molecule has 0 aliphatic carbocycles. The number of rotatable bonds is 5. The number of hydrogen-bond acceptors (Lipinski definition) is 5. The third-order valence-electron chi connectivity index (χ3n) is 3.30. The van der Waals surface area contributed by atoms with Crippen LogP contribution in [0.15, 0.2) is 24.3 Å². The maximum atomic E-state index is 11.3. The number of aliphatic hydroxyl groups excluding tert-OH is 1. The van der Waals surface area contributed by atoms with Gasteiger partial charge in [0.25, 0.3) is 0 Å². The predicted molar refractivity (Wildman–Crippen MR) is 73.1 cm³/mol. The average Bonchev–Trinajstić information content (AvgIpc) is 2.63. The van der Waals surface area contributed by atoms with E-state index in [1.807, 2.05) is 24.3 Å². The molecule has 1 fully saturated rings. The molecule has 1 heterocycles. The molecule has 0 radical (unpaired) electrons. The summed E-state index contributed by atoms with van der Waals surface area (Å²) in [5.74, 6) is 0.707. The maximum absolute atomic E-state index is 11.3. The number of sulfone groups is 1. The summed E-state index contributed by atoms with van der Waals surface area (Å²) < 4.78 is 27.8. The fraction of sp³-hybridized carbons (Fsp3) is 0.538. The Morgan fingerprint density at radius 1 is 1.32 bits per heavy atom. The lowest BCUT2D eigenvalue weighted by atomic mass is 10.1. The molecule has 0 unspecified atom stereocenters. The predicted octanol–water partition coefficient (Wildman–Crippen LogP) is -0.0148. The number of nitrogens with one attached hydrogen (secondary N) is 1. The molecule has 1 aromatic carbocycles. The van der Waals surface area contributed by atoms with Crippen LogP contribution in [-0.4, -0.2) is 50.8 Å². The highest BCUT2D eigenvalue weighted by Gasteiger charge is 2.35. The molecule has 0 amide bonds. The van der Waals surface area contributed by atoms with Crippen LogP contribution in [-0.2, 0) is 16.3 Å². The number of ether oxygens (including phenoxy) is 1. The summed E-state index contributed by atoms with van der Waals surface area (Å²) in [5, 5.41) is 12.7. The van der Waals surface area contributed by atoms with Gasteiger partial charge in [0.1, 0.15) is 5.75 Å². The molecule has 0 saturated carbocycles. The number of benzene rings is 1. The molecule has 1 aromatic rings. The van der Waals surface area contributed by atoms with Gasteiger partial charge in [0.2, 0.25) is 0 Å². The second-order valence-electron chi connectivity index (χ2n) is 4.80. The van der Waals surface area contributed by atoms with Crippen LogP contribution >= 0.6 is 0 Å². The van der Waals surface area contributed by atoms with Crippen LogP contribution in [0.25, 0.3) is 0 Å². The van der Waals surface area contributed by atoms with Crippen molar-refractivity contribution in [2.75, 3.05) is 25.2 Å². The molecule has 0 spiro atoms. The third kappa shape index (κ3) is 3.92. The molecule has 1 aliphatic rings. The highest BCUT2D eigenvalue weighted by molar-refractivity contribution is 7.91. The Morgan fingerprint density at radius 2 is 2.00 bits per heavy atom. The summed E-state index contributed by atoms with van der Waals surface area (Å²) in [7, 11) is -1.45. The number of hydrogen-bond donors (Lipinski definition) is 2. The standard InChI is InChI=1S/C13H19NO4S/c1-18-11-4-2-10(3-5-11)6-7-14-12-8-19(16,17)9-13(12)15/h2-5,12-15H,6-9H2,1H3/t12-,13+/m1/s1. The summed E-state index contributed by atoms with van der Waals surface area (Å²) >= 11 is 0. The van der Waals surface area contributed by atoms with E-state index in [0.29, 0.717) is 6.54 Å². The second kappa shape index (κ2) is 5.90. The van der Waals surface area contributed by atoms with Crippen LogP contribution in [0.4, 0.5) is 0 Å². The van der Waals surface area contributed by atoms with Gasteiger partial charge in [0.05, 0.1) is 24.7 Å². The zero-order chi connectivity index (χ0) is 13.9. The van der Waals surface area contributed by atoms with Gasteiger partial charge >= 0.3 is 0 Å². The van der Waals surface area contributed by atoms with Crippen molar-refractivity contribution >= 4 is 9.84 Å². The van der Waals surface area contributed by atoms with E-state index in [0.717, 1.165) is 17.7 Å². The van der Waals surface area contributed by atoms with Gasteiger partial charge in [-0.2, -0.15) is 0 Å². The molecule has 1 aliphatic heterocycles. The van der Waals surface area contributed by atoms with Crippen LogP contribution in [0.2, 0.25) is 0 Å². The molecular weight excluding hydrogens is 266 g/mol. The van der Waals surface area contributed by atoms with E-state index >= 15 is 0 Å². The zero-order valence-corrected chi connectivity index (χ0v) is 11.7. The Kier molecular flexibility index (Phi) is 4.44. The Bertz CT molecular complexity index is 512. The molecule has 106 valence electrons. The molecular formula is C13H19NO4S. The van der Waals surface area contributed by atoms with Gasteiger partial charge < -0.3 is 15.2 Å². The van der Waals surface area contributed by atoms with Crippen molar-refractivity contribution in [2.24, 2.45) is 0 Å². The van der Waals surface area contributed by atoms with Crippen molar-refractivity contribution in [3.05, 3.63) is 29.8 Å². The van der Waals surface area contributed by atoms with Crippen LogP contribution in [0.3, 0.4) is 0 Å². The van der Waals surface area contributed by atoms with Crippen LogP contribution < -0.4 is 10.1 Å². The van der Waals surface area contributed by atoms with E-state index in [1.54, 1.807) is 7.11 Å². The SMILES string of the molecule is COc1ccc(CCN[C@@H]2CS(=O)(=O)C[C@@H]2O)cc1. The largest absolute Gasteiger partial charge is 0.497 e. The minimum atomic E-state index is -3.08. The highest BCUT2D eigenvalue weighted by Crippen LogP contribution is 2.13. The Labute approximate surface area is 113 Å². The van der Waals surface area contributed by atoms with Crippen molar-refractivity contribution < 1.29 is 18.3 Å². The molecule has 5 nitrogen and oxygen atoms in total. The van der Waals surface area contributed by atoms with E-state index < -0.39 is 15.9 Å². The molecule has 0 bridgehead atoms. The first-order chi connectivity index (χ1) is 9.00. The van der Waals surface area contributed by atoms with Crippen LogP contribution in [0.1, 0.15) is 5.56 Å². The van der Waals surface area contributed by atoms with Gasteiger partial charge in [0, 0.05) is 6.04 Å². The van der Waals surface area contributed by atoms with Gasteiger partial charge in [-0.3, -0.25) is 0 Å². The smallest absolute Gasteiger partial charge is 0.154 e. The minimum Gasteiger partial charge on any atom is -0.497 e. The van der Waals surface area contributed by atoms with Gasteiger partial charge in [0.15, 0.2) is 9.84 Å². The second-order valence-corrected chi connectivity index (χ2v) is 6.96. The molecule has 19 heavy (non-hydrogen) atoms. The fourth-order valence-corrected chi connectivity index (χ4v) is 3.99. The van der Waals surface area contributed by atoms with E-state index in [9.17, 15) is 13.5 Å². The summed E-state index contributed by atoms with van der Waals surface area (Å²) in [6.07, 6.45) is -0.00588. The molecule has 2 N–H and O–H groups in total. The quantitative estimate of drug-likeness (QED) is 0.795. The van der Waals surface area contributed by atoms with Crippen molar-refractivity contribution in [1.82, 2.24) is 5.32 Å². The lowest BCUT2D eigenvalue weighted by Gasteiger charge is -2.14. The summed E-state index contributed by atoms with van der Waals surface area (Å²) in [6, 6.07) is 7.39. The summed E-state index contributed by atoms with van der Waals surface area (Å²) in [5.41, 5.74) is 1.14. The first kappa shape index (κ1) is 14.3. The summed E-state index contributed by atoms with van der Waals surface area (Å²) in [6.45, 7) is 0.642. The molecule has 6 heteroatoms. The minimum absolute atomic E-state index is 0.0246. The first-order valence-electron chi connectivity index (χ1n) is 6.25. The van der Waals surface area contributed by atoms with E-state index in [1.165, 1.54) is 0 Å².